The van der Waals surface area contributed by atoms with E-state index in [2.05, 4.69) is 10.5 Å². The molecule has 0 aliphatic carbocycles. The molecule has 18 heavy (non-hydrogen) atoms. The Morgan fingerprint density at radius 2 is 2.06 bits per heavy atom. The van der Waals surface area contributed by atoms with Crippen molar-refractivity contribution < 1.29 is 19.2 Å². The lowest BCUT2D eigenvalue weighted by molar-refractivity contribution is -0.149. The van der Waals surface area contributed by atoms with Gasteiger partial charge in [-0.2, -0.15) is 0 Å². The molecular formula is C12H18N2O4. The average molecular weight is 254 g/mol. The lowest BCUT2D eigenvalue weighted by Gasteiger charge is -2.26. The van der Waals surface area contributed by atoms with Gasteiger partial charge < -0.3 is 14.9 Å². The topological polar surface area (TPSA) is 92.4 Å². The van der Waals surface area contributed by atoms with E-state index in [4.69, 9.17) is 4.52 Å². The molecule has 0 radical (unpaired) electrons. The minimum absolute atomic E-state index is 0.0834. The van der Waals surface area contributed by atoms with Crippen LogP contribution in [0.4, 0.5) is 0 Å². The Balaban J connectivity index is 2.69. The van der Waals surface area contributed by atoms with Gasteiger partial charge in [-0.15, -0.1) is 0 Å². The highest BCUT2D eigenvalue weighted by Gasteiger charge is 2.35. The molecule has 0 fully saturated rings. The van der Waals surface area contributed by atoms with E-state index in [0.29, 0.717) is 18.6 Å². The van der Waals surface area contributed by atoms with Crippen molar-refractivity contribution in [1.29, 1.82) is 0 Å². The van der Waals surface area contributed by atoms with Crippen LogP contribution < -0.4 is 5.32 Å². The fourth-order valence-electron chi connectivity index (χ4n) is 1.69. The van der Waals surface area contributed by atoms with Crippen LogP contribution >= 0.6 is 0 Å². The standard InChI is InChI=1S/C12H18N2O4/c1-4-12(5-2,11(16)17)7-13-10(15)9-6-8(3)18-14-9/h6H,4-5,7H2,1-3H3,(H,13,15)(H,16,17). The molecule has 0 atom stereocenters. The number of nitrogens with one attached hydrogen (secondary N) is 1. The van der Waals surface area contributed by atoms with Crippen LogP contribution in [-0.2, 0) is 4.79 Å². The molecule has 0 saturated heterocycles. The van der Waals surface area contributed by atoms with E-state index >= 15 is 0 Å². The van der Waals surface area contributed by atoms with E-state index in [1.807, 2.05) is 0 Å². The molecule has 0 unspecified atom stereocenters. The van der Waals surface area contributed by atoms with Crippen LogP contribution in [0.1, 0.15) is 42.9 Å². The normalized spacial score (nSPS) is 11.3. The lowest BCUT2D eigenvalue weighted by Crippen LogP contribution is -2.42. The first-order chi connectivity index (χ1) is 8.45. The smallest absolute Gasteiger partial charge is 0.311 e. The second kappa shape index (κ2) is 5.66. The van der Waals surface area contributed by atoms with Crippen molar-refractivity contribution in [2.75, 3.05) is 6.54 Å². The Labute approximate surface area is 105 Å². The number of hydrogen-bond donors (Lipinski definition) is 2. The van der Waals surface area contributed by atoms with Crippen molar-refractivity contribution in [3.63, 3.8) is 0 Å². The Bertz CT molecular complexity index is 435. The third-order valence-electron chi connectivity index (χ3n) is 3.26. The van der Waals surface area contributed by atoms with Gasteiger partial charge in [0.1, 0.15) is 5.76 Å². The highest BCUT2D eigenvalue weighted by atomic mass is 16.5. The van der Waals surface area contributed by atoms with E-state index in [9.17, 15) is 14.7 Å². The molecule has 1 heterocycles. The highest BCUT2D eigenvalue weighted by Crippen LogP contribution is 2.25. The molecule has 0 aromatic carbocycles. The van der Waals surface area contributed by atoms with Gasteiger partial charge in [0, 0.05) is 12.6 Å². The Kier molecular flexibility index (Phi) is 4.47. The van der Waals surface area contributed by atoms with Crippen LogP contribution in [0.5, 0.6) is 0 Å². The minimum atomic E-state index is -0.922. The first-order valence-electron chi connectivity index (χ1n) is 5.90. The van der Waals surface area contributed by atoms with Crippen molar-refractivity contribution >= 4 is 11.9 Å². The largest absolute Gasteiger partial charge is 0.481 e. The van der Waals surface area contributed by atoms with E-state index in [0.717, 1.165) is 0 Å². The van der Waals surface area contributed by atoms with E-state index in [-0.39, 0.29) is 12.2 Å². The van der Waals surface area contributed by atoms with E-state index in [1.54, 1.807) is 20.8 Å². The third kappa shape index (κ3) is 2.88. The molecule has 0 spiro atoms. The summed E-state index contributed by atoms with van der Waals surface area (Å²) in [5.41, 5.74) is -0.756. The number of hydrogen-bond acceptors (Lipinski definition) is 4. The number of aromatic nitrogens is 1. The molecule has 6 nitrogen and oxygen atoms in total. The van der Waals surface area contributed by atoms with Gasteiger partial charge in [-0.1, -0.05) is 19.0 Å². The molecule has 0 saturated carbocycles. The molecule has 0 bridgehead atoms. The highest BCUT2D eigenvalue weighted by molar-refractivity contribution is 5.92. The Morgan fingerprint density at radius 1 is 1.44 bits per heavy atom. The first kappa shape index (κ1) is 14.2. The first-order valence-corrected chi connectivity index (χ1v) is 5.90. The average Bonchev–Trinajstić information content (AvgIpc) is 2.77. The second-order valence-corrected chi connectivity index (χ2v) is 4.30. The summed E-state index contributed by atoms with van der Waals surface area (Å²) in [5, 5.41) is 15.4. The number of nitrogens with zero attached hydrogens (tertiary/aromatic N) is 1. The summed E-state index contributed by atoms with van der Waals surface area (Å²) in [6, 6.07) is 1.51. The maximum atomic E-state index is 11.7. The van der Waals surface area contributed by atoms with Gasteiger partial charge in [0.15, 0.2) is 5.69 Å². The van der Waals surface area contributed by atoms with Gasteiger partial charge >= 0.3 is 5.97 Å². The van der Waals surface area contributed by atoms with Gasteiger partial charge in [0.05, 0.1) is 5.41 Å². The molecule has 100 valence electrons. The quantitative estimate of drug-likeness (QED) is 0.804. The van der Waals surface area contributed by atoms with Crippen LogP contribution in [0.3, 0.4) is 0 Å². The van der Waals surface area contributed by atoms with Gasteiger partial charge in [0.25, 0.3) is 5.91 Å². The lowest BCUT2D eigenvalue weighted by atomic mass is 9.82. The Hall–Kier alpha value is -1.85. The molecule has 0 aliphatic rings. The summed E-state index contributed by atoms with van der Waals surface area (Å²) in [4.78, 5) is 23.0. The summed E-state index contributed by atoms with van der Waals surface area (Å²) in [7, 11) is 0. The van der Waals surface area contributed by atoms with Gasteiger partial charge in [-0.3, -0.25) is 9.59 Å². The zero-order valence-electron chi connectivity index (χ0n) is 10.8. The summed E-state index contributed by atoms with van der Waals surface area (Å²) >= 11 is 0. The van der Waals surface area contributed by atoms with Crippen molar-refractivity contribution in [3.8, 4) is 0 Å². The fourth-order valence-corrected chi connectivity index (χ4v) is 1.69. The predicted molar refractivity (Wildman–Crippen MR) is 64.2 cm³/mol. The van der Waals surface area contributed by atoms with Crippen molar-refractivity contribution in [2.45, 2.75) is 33.6 Å². The predicted octanol–water partition coefficient (Wildman–Crippen LogP) is 1.60. The zero-order chi connectivity index (χ0) is 13.8. The van der Waals surface area contributed by atoms with E-state index < -0.39 is 17.3 Å². The molecule has 1 aromatic heterocycles. The zero-order valence-corrected chi connectivity index (χ0v) is 10.8. The number of rotatable bonds is 6. The summed E-state index contributed by atoms with van der Waals surface area (Å²) in [5.74, 6) is -0.779. The number of carboxylic acids is 1. The second-order valence-electron chi connectivity index (χ2n) is 4.30. The maximum absolute atomic E-state index is 11.7. The number of carbonyl (C=O) groups is 2. The van der Waals surface area contributed by atoms with Crippen molar-refractivity contribution in [2.24, 2.45) is 5.41 Å². The molecule has 1 aromatic rings. The Morgan fingerprint density at radius 3 is 2.44 bits per heavy atom. The van der Waals surface area contributed by atoms with Crippen molar-refractivity contribution in [1.82, 2.24) is 10.5 Å². The maximum Gasteiger partial charge on any atom is 0.311 e. The van der Waals surface area contributed by atoms with Crippen LogP contribution in [-0.4, -0.2) is 28.7 Å². The summed E-state index contributed by atoms with van der Waals surface area (Å²) in [6.45, 7) is 5.36. The molecule has 6 heteroatoms. The number of amides is 1. The minimum Gasteiger partial charge on any atom is -0.481 e. The fraction of sp³-hybridized carbons (Fsp3) is 0.583. The molecule has 2 N–H and O–H groups in total. The van der Waals surface area contributed by atoms with E-state index in [1.165, 1.54) is 6.07 Å². The van der Waals surface area contributed by atoms with Gasteiger partial charge in [0.2, 0.25) is 0 Å². The van der Waals surface area contributed by atoms with Crippen LogP contribution in [0.25, 0.3) is 0 Å². The van der Waals surface area contributed by atoms with Gasteiger partial charge in [-0.05, 0) is 19.8 Å². The summed E-state index contributed by atoms with van der Waals surface area (Å²) in [6.07, 6.45) is 0.911. The number of aryl methyl sites for hydroxylation is 1. The van der Waals surface area contributed by atoms with Gasteiger partial charge in [-0.25, -0.2) is 0 Å². The molecule has 0 aliphatic heterocycles. The summed E-state index contributed by atoms with van der Waals surface area (Å²) < 4.78 is 4.79. The van der Waals surface area contributed by atoms with Crippen LogP contribution in [0.2, 0.25) is 0 Å². The van der Waals surface area contributed by atoms with Crippen molar-refractivity contribution in [3.05, 3.63) is 17.5 Å². The molecular weight excluding hydrogens is 236 g/mol. The molecule has 1 rings (SSSR count). The SMILES string of the molecule is CCC(CC)(CNC(=O)c1cc(C)on1)C(=O)O. The third-order valence-corrected chi connectivity index (χ3v) is 3.26. The molecule has 1 amide bonds. The van der Waals surface area contributed by atoms with Crippen LogP contribution in [0, 0.1) is 12.3 Å². The number of aliphatic carboxylic acids is 1. The number of carbonyl (C=O) groups excluding carboxylic acids is 1. The monoisotopic (exact) mass is 254 g/mol. The van der Waals surface area contributed by atoms with Crippen LogP contribution in [0.15, 0.2) is 10.6 Å². The number of carboxylic acid groups (broad SMARTS) is 1.